The molecule has 0 aromatic heterocycles. The summed E-state index contributed by atoms with van der Waals surface area (Å²) in [5, 5.41) is 14.7. The van der Waals surface area contributed by atoms with Crippen LogP contribution in [0.5, 0.6) is 0 Å². The van der Waals surface area contributed by atoms with Gasteiger partial charge in [0.15, 0.2) is 0 Å². The summed E-state index contributed by atoms with van der Waals surface area (Å²) in [5.41, 5.74) is -0.675. The van der Waals surface area contributed by atoms with E-state index in [1.807, 2.05) is 0 Å². The first-order chi connectivity index (χ1) is 8.59. The van der Waals surface area contributed by atoms with E-state index in [1.54, 1.807) is 0 Å². The minimum Gasteiger partial charge on any atom is -0.481 e. The predicted molar refractivity (Wildman–Crippen MR) is 65.1 cm³/mol. The third-order valence-electron chi connectivity index (χ3n) is 4.95. The number of carbonyl (C=O) groups excluding carboxylic acids is 1. The zero-order chi connectivity index (χ0) is 12.8. The molecule has 3 fully saturated rings. The van der Waals surface area contributed by atoms with Crippen molar-refractivity contribution in [3.8, 4) is 0 Å². The Morgan fingerprint density at radius 2 is 2.00 bits per heavy atom. The molecule has 0 aromatic rings. The molecule has 0 radical (unpaired) electrons. The molecule has 5 heteroatoms. The van der Waals surface area contributed by atoms with Crippen LogP contribution in [0.2, 0.25) is 0 Å². The lowest BCUT2D eigenvalue weighted by atomic mass is 9.95. The average Bonchev–Trinajstić information content (AvgIpc) is 2.86. The summed E-state index contributed by atoms with van der Waals surface area (Å²) in [6.45, 7) is 0.259. The van der Waals surface area contributed by atoms with Gasteiger partial charge in [0.2, 0.25) is 0 Å². The molecular weight excluding hydrogens is 232 g/mol. The lowest BCUT2D eigenvalue weighted by molar-refractivity contribution is -0.143. The highest BCUT2D eigenvalue weighted by atomic mass is 16.4. The number of amides is 2. The topological polar surface area (TPSA) is 78.4 Å². The van der Waals surface area contributed by atoms with E-state index in [2.05, 4.69) is 10.6 Å². The predicted octanol–water partition coefficient (Wildman–Crippen LogP) is 1.34. The van der Waals surface area contributed by atoms with Crippen LogP contribution in [0.1, 0.15) is 38.5 Å². The van der Waals surface area contributed by atoms with E-state index in [-0.39, 0.29) is 12.6 Å². The molecule has 3 N–H and O–H groups in total. The number of carbonyl (C=O) groups is 2. The summed E-state index contributed by atoms with van der Waals surface area (Å²) in [4.78, 5) is 22.7. The van der Waals surface area contributed by atoms with E-state index in [4.69, 9.17) is 5.11 Å². The van der Waals surface area contributed by atoms with Crippen LogP contribution < -0.4 is 10.6 Å². The highest BCUT2D eigenvalue weighted by Gasteiger charge is 2.50. The van der Waals surface area contributed by atoms with Crippen molar-refractivity contribution in [1.82, 2.24) is 10.6 Å². The van der Waals surface area contributed by atoms with Crippen molar-refractivity contribution in [3.05, 3.63) is 0 Å². The highest BCUT2D eigenvalue weighted by molar-refractivity contribution is 5.80. The molecule has 3 saturated carbocycles. The van der Waals surface area contributed by atoms with Gasteiger partial charge in [-0.05, 0) is 43.9 Å². The zero-order valence-corrected chi connectivity index (χ0v) is 10.4. The number of aliphatic carboxylic acids is 1. The largest absolute Gasteiger partial charge is 0.481 e. The normalized spacial score (nSPS) is 35.2. The summed E-state index contributed by atoms with van der Waals surface area (Å²) < 4.78 is 0. The van der Waals surface area contributed by atoms with Crippen LogP contribution in [0.25, 0.3) is 0 Å². The first kappa shape index (κ1) is 11.8. The molecule has 0 aliphatic heterocycles. The van der Waals surface area contributed by atoms with Gasteiger partial charge >= 0.3 is 12.0 Å². The van der Waals surface area contributed by atoms with E-state index in [0.717, 1.165) is 12.3 Å². The molecule has 0 spiro atoms. The Bertz CT molecular complexity index is 378. The summed E-state index contributed by atoms with van der Waals surface area (Å²) in [5.74, 6) is 0.659. The van der Waals surface area contributed by atoms with E-state index in [0.29, 0.717) is 24.8 Å². The van der Waals surface area contributed by atoms with Crippen molar-refractivity contribution in [2.24, 2.45) is 17.3 Å². The van der Waals surface area contributed by atoms with Gasteiger partial charge in [-0.25, -0.2) is 4.79 Å². The number of carboxylic acids is 1. The van der Waals surface area contributed by atoms with Crippen LogP contribution in [0.3, 0.4) is 0 Å². The molecule has 3 aliphatic carbocycles. The lowest BCUT2D eigenvalue weighted by Gasteiger charge is -2.23. The van der Waals surface area contributed by atoms with Crippen molar-refractivity contribution < 1.29 is 14.7 Å². The smallest absolute Gasteiger partial charge is 0.315 e. The number of hydrogen-bond donors (Lipinski definition) is 3. The number of carboxylic acid groups (broad SMARTS) is 1. The van der Waals surface area contributed by atoms with Gasteiger partial charge in [-0.15, -0.1) is 0 Å². The monoisotopic (exact) mass is 252 g/mol. The van der Waals surface area contributed by atoms with E-state index in [9.17, 15) is 9.59 Å². The summed E-state index contributed by atoms with van der Waals surface area (Å²) in [7, 11) is 0. The average molecular weight is 252 g/mol. The Morgan fingerprint density at radius 1 is 1.22 bits per heavy atom. The van der Waals surface area contributed by atoms with Crippen LogP contribution in [-0.4, -0.2) is 29.7 Å². The van der Waals surface area contributed by atoms with Gasteiger partial charge in [-0.1, -0.05) is 6.42 Å². The molecule has 18 heavy (non-hydrogen) atoms. The van der Waals surface area contributed by atoms with Crippen molar-refractivity contribution >= 4 is 12.0 Å². The van der Waals surface area contributed by atoms with Gasteiger partial charge in [-0.2, -0.15) is 0 Å². The van der Waals surface area contributed by atoms with Crippen molar-refractivity contribution in [3.63, 3.8) is 0 Å². The maximum atomic E-state index is 11.8. The Morgan fingerprint density at radius 3 is 2.50 bits per heavy atom. The number of rotatable bonds is 4. The van der Waals surface area contributed by atoms with Gasteiger partial charge in [0, 0.05) is 12.6 Å². The quantitative estimate of drug-likeness (QED) is 0.706. The van der Waals surface area contributed by atoms with Crippen molar-refractivity contribution in [1.29, 1.82) is 0 Å². The van der Waals surface area contributed by atoms with E-state index < -0.39 is 11.4 Å². The fraction of sp³-hybridized carbons (Fsp3) is 0.846. The van der Waals surface area contributed by atoms with E-state index in [1.165, 1.54) is 19.3 Å². The first-order valence-electron chi connectivity index (χ1n) is 6.87. The fourth-order valence-corrected chi connectivity index (χ4v) is 3.51. The number of fused-ring (bicyclic) bond motifs is 2. The second-order valence-electron chi connectivity index (χ2n) is 6.19. The number of hydrogen-bond acceptors (Lipinski definition) is 2. The minimum absolute atomic E-state index is 0.194. The van der Waals surface area contributed by atoms with Gasteiger partial charge in [0.25, 0.3) is 0 Å². The molecule has 0 aromatic carbocycles. The molecule has 3 unspecified atom stereocenters. The van der Waals surface area contributed by atoms with Crippen molar-refractivity contribution in [2.45, 2.75) is 44.6 Å². The zero-order valence-electron chi connectivity index (χ0n) is 10.4. The molecule has 3 atom stereocenters. The highest BCUT2D eigenvalue weighted by Crippen LogP contribution is 2.45. The van der Waals surface area contributed by atoms with Crippen LogP contribution >= 0.6 is 0 Å². The summed E-state index contributed by atoms with van der Waals surface area (Å²) >= 11 is 0. The molecule has 2 amide bonds. The van der Waals surface area contributed by atoms with Gasteiger partial charge < -0.3 is 15.7 Å². The minimum atomic E-state index is -0.789. The fourth-order valence-electron chi connectivity index (χ4n) is 3.51. The SMILES string of the molecule is O=C(NCC1(C(=O)O)CC1)NC1CC2CCC1C2. The number of urea groups is 1. The molecule has 0 heterocycles. The second kappa shape index (κ2) is 4.14. The molecule has 3 aliphatic rings. The Labute approximate surface area is 106 Å². The molecule has 3 rings (SSSR count). The Balaban J connectivity index is 1.44. The Kier molecular flexibility index (Phi) is 2.72. The molecule has 2 bridgehead atoms. The summed E-state index contributed by atoms with van der Waals surface area (Å²) in [6.07, 6.45) is 6.25. The standard InChI is InChI=1S/C13H20N2O3/c16-11(17)13(3-4-13)7-14-12(18)15-10-6-8-1-2-9(10)5-8/h8-10H,1-7H2,(H,16,17)(H2,14,15,18). The first-order valence-corrected chi connectivity index (χ1v) is 6.87. The molecule has 0 saturated heterocycles. The van der Waals surface area contributed by atoms with Crippen molar-refractivity contribution in [2.75, 3.05) is 6.54 Å². The van der Waals surface area contributed by atoms with Gasteiger partial charge in [0.1, 0.15) is 0 Å². The summed E-state index contributed by atoms with van der Waals surface area (Å²) in [6, 6.07) is 0.115. The maximum absolute atomic E-state index is 11.8. The van der Waals surface area contributed by atoms with Gasteiger partial charge in [-0.3, -0.25) is 4.79 Å². The van der Waals surface area contributed by atoms with Crippen LogP contribution in [-0.2, 0) is 4.79 Å². The lowest BCUT2D eigenvalue weighted by Crippen LogP contribution is -2.46. The third-order valence-corrected chi connectivity index (χ3v) is 4.95. The van der Waals surface area contributed by atoms with Crippen LogP contribution in [0.4, 0.5) is 4.79 Å². The molecule has 5 nitrogen and oxygen atoms in total. The van der Waals surface area contributed by atoms with Crippen LogP contribution in [0.15, 0.2) is 0 Å². The maximum Gasteiger partial charge on any atom is 0.315 e. The molecular formula is C13H20N2O3. The van der Waals surface area contributed by atoms with E-state index >= 15 is 0 Å². The van der Waals surface area contributed by atoms with Crippen LogP contribution in [0, 0.1) is 17.3 Å². The van der Waals surface area contributed by atoms with Gasteiger partial charge in [0.05, 0.1) is 5.41 Å². The number of nitrogens with one attached hydrogen (secondary N) is 2. The Hall–Kier alpha value is -1.26. The second-order valence-corrected chi connectivity index (χ2v) is 6.19. The molecule has 100 valence electrons. The third kappa shape index (κ3) is 2.06.